The van der Waals surface area contributed by atoms with Crippen molar-refractivity contribution in [1.82, 2.24) is 9.88 Å². The van der Waals surface area contributed by atoms with Crippen LogP contribution in [0.2, 0.25) is 0 Å². The smallest absolute Gasteiger partial charge is 0.126 e. The highest BCUT2D eigenvalue weighted by atomic mass is 35.5. The van der Waals surface area contributed by atoms with Crippen molar-refractivity contribution in [2.75, 3.05) is 19.6 Å². The number of piperidine rings is 1. The van der Waals surface area contributed by atoms with Crippen molar-refractivity contribution in [2.45, 2.75) is 25.2 Å². The molecule has 0 atom stereocenters. The molecule has 1 aromatic heterocycles. The number of nitrogens with one attached hydrogen (secondary N) is 1. The zero-order chi connectivity index (χ0) is 16.4. The van der Waals surface area contributed by atoms with Gasteiger partial charge in [0.1, 0.15) is 5.82 Å². The molecule has 1 aliphatic rings. The lowest BCUT2D eigenvalue weighted by atomic mass is 9.89. The third kappa shape index (κ3) is 3.88. The molecule has 4 heteroatoms. The van der Waals surface area contributed by atoms with Crippen molar-refractivity contribution in [3.63, 3.8) is 0 Å². The van der Waals surface area contributed by atoms with Gasteiger partial charge in [-0.25, -0.2) is 4.39 Å². The quantitative estimate of drug-likeness (QED) is 0.683. The van der Waals surface area contributed by atoms with Gasteiger partial charge in [0.15, 0.2) is 0 Å². The first-order chi connectivity index (χ1) is 11.8. The van der Waals surface area contributed by atoms with E-state index in [-0.39, 0.29) is 18.2 Å². The van der Waals surface area contributed by atoms with Crippen LogP contribution in [0.15, 0.2) is 54.7 Å². The van der Waals surface area contributed by atoms with Crippen molar-refractivity contribution in [3.8, 4) is 0 Å². The molecule has 0 bridgehead atoms. The summed E-state index contributed by atoms with van der Waals surface area (Å²) < 4.78 is 13.7. The largest absolute Gasteiger partial charge is 0.361 e. The fourth-order valence-electron chi connectivity index (χ4n) is 3.88. The Bertz CT molecular complexity index is 821. The molecule has 2 nitrogen and oxygen atoms in total. The second-order valence-electron chi connectivity index (χ2n) is 6.75. The molecule has 0 amide bonds. The molecule has 1 saturated heterocycles. The molecule has 0 aliphatic carbocycles. The number of halogens is 2. The second-order valence-corrected chi connectivity index (χ2v) is 6.75. The summed E-state index contributed by atoms with van der Waals surface area (Å²) in [6, 6.07) is 15.7. The molecule has 1 fully saturated rings. The maximum atomic E-state index is 13.7. The summed E-state index contributed by atoms with van der Waals surface area (Å²) in [5, 5.41) is 1.36. The van der Waals surface area contributed by atoms with Crippen LogP contribution in [0.25, 0.3) is 10.9 Å². The highest BCUT2D eigenvalue weighted by molar-refractivity contribution is 5.85. The Balaban J connectivity index is 0.00000182. The van der Waals surface area contributed by atoms with Gasteiger partial charge in [0.25, 0.3) is 0 Å². The Kier molecular flexibility index (Phi) is 5.77. The molecule has 1 N–H and O–H groups in total. The molecular weight excluding hydrogens is 335 g/mol. The van der Waals surface area contributed by atoms with E-state index in [1.807, 2.05) is 12.1 Å². The predicted molar refractivity (Wildman–Crippen MR) is 104 cm³/mol. The maximum absolute atomic E-state index is 13.7. The van der Waals surface area contributed by atoms with Crippen molar-refractivity contribution in [1.29, 1.82) is 0 Å². The Hall–Kier alpha value is -1.84. The summed E-state index contributed by atoms with van der Waals surface area (Å²) >= 11 is 0. The monoisotopic (exact) mass is 358 g/mol. The van der Waals surface area contributed by atoms with E-state index in [4.69, 9.17) is 0 Å². The lowest BCUT2D eigenvalue weighted by Gasteiger charge is -2.32. The van der Waals surface area contributed by atoms with Crippen LogP contribution in [0.3, 0.4) is 0 Å². The summed E-state index contributed by atoms with van der Waals surface area (Å²) in [7, 11) is 0. The molecule has 2 aromatic carbocycles. The molecule has 0 saturated carbocycles. The van der Waals surface area contributed by atoms with E-state index in [0.29, 0.717) is 5.92 Å². The van der Waals surface area contributed by atoms with Gasteiger partial charge in [-0.1, -0.05) is 36.4 Å². The Morgan fingerprint density at radius 3 is 2.52 bits per heavy atom. The van der Waals surface area contributed by atoms with Gasteiger partial charge in [-0.15, -0.1) is 12.4 Å². The van der Waals surface area contributed by atoms with Crippen LogP contribution in [0.4, 0.5) is 4.39 Å². The third-order valence-corrected chi connectivity index (χ3v) is 5.30. The summed E-state index contributed by atoms with van der Waals surface area (Å²) in [4.78, 5) is 5.86. The van der Waals surface area contributed by atoms with Crippen LogP contribution in [-0.4, -0.2) is 29.5 Å². The number of para-hydroxylation sites is 1. The van der Waals surface area contributed by atoms with Crippen LogP contribution >= 0.6 is 12.4 Å². The van der Waals surface area contributed by atoms with Gasteiger partial charge in [0.05, 0.1) is 0 Å². The molecule has 2 heterocycles. The van der Waals surface area contributed by atoms with Gasteiger partial charge in [-0.2, -0.15) is 0 Å². The van der Waals surface area contributed by atoms with Crippen molar-refractivity contribution < 1.29 is 4.39 Å². The van der Waals surface area contributed by atoms with E-state index in [1.165, 1.54) is 29.3 Å². The number of likely N-dealkylation sites (tertiary alicyclic amines) is 1. The van der Waals surface area contributed by atoms with E-state index in [9.17, 15) is 4.39 Å². The molecule has 25 heavy (non-hydrogen) atoms. The standard InChI is InChI=1S/C21H23FN2.ClH/c22-20-7-3-1-5-17(20)11-14-24-12-9-16(10-13-24)19-15-23-21-8-4-2-6-18(19)21;/h1-8,15-16,23H,9-14H2;1H. The van der Waals surface area contributed by atoms with Crippen LogP contribution in [0, 0.1) is 5.82 Å². The zero-order valence-corrected chi connectivity index (χ0v) is 15.1. The molecule has 0 spiro atoms. The second kappa shape index (κ2) is 8.03. The summed E-state index contributed by atoms with van der Waals surface area (Å²) in [5.41, 5.74) is 3.52. The first kappa shape index (κ1) is 18.0. The minimum Gasteiger partial charge on any atom is -0.361 e. The van der Waals surface area contributed by atoms with Gasteiger partial charge < -0.3 is 9.88 Å². The zero-order valence-electron chi connectivity index (χ0n) is 14.2. The van der Waals surface area contributed by atoms with Crippen LogP contribution in [0.5, 0.6) is 0 Å². The van der Waals surface area contributed by atoms with E-state index in [1.54, 1.807) is 12.1 Å². The summed E-state index contributed by atoms with van der Waals surface area (Å²) in [5.74, 6) is 0.553. The molecule has 0 radical (unpaired) electrons. The van der Waals surface area contributed by atoms with Crippen LogP contribution in [-0.2, 0) is 6.42 Å². The minimum atomic E-state index is -0.0776. The lowest BCUT2D eigenvalue weighted by Crippen LogP contribution is -2.34. The maximum Gasteiger partial charge on any atom is 0.126 e. The Labute approximate surface area is 154 Å². The van der Waals surface area contributed by atoms with E-state index in [0.717, 1.165) is 31.6 Å². The fraction of sp³-hybridized carbons (Fsp3) is 0.333. The fourth-order valence-corrected chi connectivity index (χ4v) is 3.88. The highest BCUT2D eigenvalue weighted by Gasteiger charge is 2.22. The predicted octanol–water partition coefficient (Wildman–Crippen LogP) is 5.15. The number of rotatable bonds is 4. The third-order valence-electron chi connectivity index (χ3n) is 5.30. The highest BCUT2D eigenvalue weighted by Crippen LogP contribution is 2.33. The molecular formula is C21H24ClFN2. The Morgan fingerprint density at radius 1 is 1.00 bits per heavy atom. The molecule has 132 valence electrons. The summed E-state index contributed by atoms with van der Waals surface area (Å²) in [6.45, 7) is 3.14. The molecule has 4 rings (SSSR count). The topological polar surface area (TPSA) is 19.0 Å². The number of H-pyrrole nitrogens is 1. The van der Waals surface area contributed by atoms with Crippen molar-refractivity contribution in [3.05, 3.63) is 71.7 Å². The number of hydrogen-bond acceptors (Lipinski definition) is 1. The number of nitrogens with zero attached hydrogens (tertiary/aromatic N) is 1. The number of aromatic amines is 1. The van der Waals surface area contributed by atoms with Crippen LogP contribution in [0.1, 0.15) is 29.9 Å². The van der Waals surface area contributed by atoms with E-state index >= 15 is 0 Å². The van der Waals surface area contributed by atoms with Gasteiger partial charge in [-0.05, 0) is 61.5 Å². The number of hydrogen-bond donors (Lipinski definition) is 1. The first-order valence-corrected chi connectivity index (χ1v) is 8.83. The van der Waals surface area contributed by atoms with E-state index in [2.05, 4.69) is 40.3 Å². The molecule has 0 unspecified atom stereocenters. The molecule has 3 aromatic rings. The lowest BCUT2D eigenvalue weighted by molar-refractivity contribution is 0.214. The first-order valence-electron chi connectivity index (χ1n) is 8.83. The minimum absolute atomic E-state index is 0. The van der Waals surface area contributed by atoms with Gasteiger partial charge >= 0.3 is 0 Å². The van der Waals surface area contributed by atoms with Gasteiger partial charge in [-0.3, -0.25) is 0 Å². The van der Waals surface area contributed by atoms with Crippen molar-refractivity contribution >= 4 is 23.3 Å². The Morgan fingerprint density at radius 2 is 1.72 bits per heavy atom. The average molecular weight is 359 g/mol. The SMILES string of the molecule is Cl.Fc1ccccc1CCN1CCC(c2c[nH]c3ccccc23)CC1. The normalized spacial score (nSPS) is 16.0. The summed E-state index contributed by atoms with van der Waals surface area (Å²) in [6.07, 6.45) is 5.34. The van der Waals surface area contributed by atoms with E-state index < -0.39 is 0 Å². The average Bonchev–Trinajstić information content (AvgIpc) is 3.06. The number of fused-ring (bicyclic) bond motifs is 1. The number of aromatic nitrogens is 1. The number of benzene rings is 2. The van der Waals surface area contributed by atoms with Gasteiger partial charge in [0, 0.05) is 23.6 Å². The van der Waals surface area contributed by atoms with Crippen molar-refractivity contribution in [2.24, 2.45) is 0 Å². The molecule has 1 aliphatic heterocycles. The van der Waals surface area contributed by atoms with Crippen LogP contribution < -0.4 is 0 Å². The van der Waals surface area contributed by atoms with Gasteiger partial charge in [0.2, 0.25) is 0 Å².